The van der Waals surface area contributed by atoms with E-state index in [0.717, 1.165) is 23.3 Å². The zero-order valence-electron chi connectivity index (χ0n) is 22.7. The van der Waals surface area contributed by atoms with Crippen molar-refractivity contribution in [2.75, 3.05) is 5.32 Å². The summed E-state index contributed by atoms with van der Waals surface area (Å²) in [5, 5.41) is 5.57. The molecule has 3 atom stereocenters. The van der Waals surface area contributed by atoms with Crippen LogP contribution < -0.4 is 10.6 Å². The average Bonchev–Trinajstić information content (AvgIpc) is 3.19. The van der Waals surface area contributed by atoms with Gasteiger partial charge in [0.25, 0.3) is 5.95 Å². The SMILES string of the molecule is Cc1cc(C)nc(N=C(NC(=O)[C@@H](Cc2ccccc2)N2C(=O)[C@H]3CCCC[C@H]3C2=O)Nc2ccc(F)c(Cl)c2)n1. The lowest BCUT2D eigenvalue weighted by Crippen LogP contribution is -2.53. The number of guanidine groups is 1. The van der Waals surface area contributed by atoms with Gasteiger partial charge in [0.1, 0.15) is 11.9 Å². The summed E-state index contributed by atoms with van der Waals surface area (Å²) < 4.78 is 13.8. The van der Waals surface area contributed by atoms with E-state index in [0.29, 0.717) is 29.9 Å². The predicted octanol–water partition coefficient (Wildman–Crippen LogP) is 4.89. The van der Waals surface area contributed by atoms with E-state index in [1.54, 1.807) is 19.9 Å². The fourth-order valence-electron chi connectivity index (χ4n) is 5.49. The molecular weight excluding hydrogens is 547 g/mol. The number of imide groups is 1. The van der Waals surface area contributed by atoms with Gasteiger partial charge in [-0.3, -0.25) is 24.6 Å². The summed E-state index contributed by atoms with van der Waals surface area (Å²) in [5.74, 6) is -2.65. The maximum Gasteiger partial charge on any atom is 0.253 e. The number of aromatic nitrogens is 2. The van der Waals surface area contributed by atoms with Crippen LogP contribution in [0.3, 0.4) is 0 Å². The van der Waals surface area contributed by atoms with Gasteiger partial charge >= 0.3 is 0 Å². The molecule has 0 radical (unpaired) electrons. The molecule has 2 aliphatic rings. The monoisotopic (exact) mass is 576 g/mol. The van der Waals surface area contributed by atoms with Crippen LogP contribution in [0.25, 0.3) is 0 Å². The van der Waals surface area contributed by atoms with E-state index in [1.165, 1.54) is 18.2 Å². The Morgan fingerprint density at radius 3 is 2.27 bits per heavy atom. The van der Waals surface area contributed by atoms with E-state index in [1.807, 2.05) is 30.3 Å². The number of carbonyl (C=O) groups excluding carboxylic acids is 3. The van der Waals surface area contributed by atoms with Crippen molar-refractivity contribution in [2.45, 2.75) is 52.0 Å². The third-order valence-electron chi connectivity index (χ3n) is 7.37. The molecule has 2 fully saturated rings. The first kappa shape index (κ1) is 28.4. The van der Waals surface area contributed by atoms with Crippen LogP contribution in [0.5, 0.6) is 0 Å². The Morgan fingerprint density at radius 1 is 1.02 bits per heavy atom. The number of amides is 3. The highest BCUT2D eigenvalue weighted by Gasteiger charge is 2.51. The Bertz CT molecular complexity index is 1470. The van der Waals surface area contributed by atoms with Crippen molar-refractivity contribution >= 4 is 46.9 Å². The Labute approximate surface area is 242 Å². The number of anilines is 1. The minimum Gasteiger partial charge on any atom is -0.326 e. The normalized spacial score (nSPS) is 19.6. The van der Waals surface area contributed by atoms with Gasteiger partial charge in [-0.05, 0) is 56.5 Å². The molecule has 9 nitrogen and oxygen atoms in total. The molecule has 2 aromatic carbocycles. The number of hydrogen-bond acceptors (Lipinski definition) is 6. The van der Waals surface area contributed by atoms with Gasteiger partial charge in [0.15, 0.2) is 0 Å². The number of nitrogens with one attached hydrogen (secondary N) is 2. The zero-order valence-corrected chi connectivity index (χ0v) is 23.5. The van der Waals surface area contributed by atoms with Gasteiger partial charge in [-0.2, -0.15) is 4.99 Å². The van der Waals surface area contributed by atoms with Gasteiger partial charge < -0.3 is 5.32 Å². The molecular formula is C30H30ClFN6O3. The summed E-state index contributed by atoms with van der Waals surface area (Å²) in [5.41, 5.74) is 2.48. The van der Waals surface area contributed by atoms with Gasteiger partial charge in [-0.15, -0.1) is 0 Å². The Kier molecular flexibility index (Phi) is 8.39. The second-order valence-electron chi connectivity index (χ2n) is 10.4. The summed E-state index contributed by atoms with van der Waals surface area (Å²) in [6.07, 6.45) is 3.14. The van der Waals surface area contributed by atoms with E-state index in [-0.39, 0.29) is 35.2 Å². The Morgan fingerprint density at radius 2 is 1.66 bits per heavy atom. The summed E-state index contributed by atoms with van der Waals surface area (Å²) >= 11 is 5.97. The van der Waals surface area contributed by atoms with Gasteiger partial charge in [0.05, 0.1) is 16.9 Å². The highest BCUT2D eigenvalue weighted by molar-refractivity contribution is 6.31. The molecule has 3 aromatic rings. The van der Waals surface area contributed by atoms with Crippen LogP contribution >= 0.6 is 11.6 Å². The molecule has 1 saturated carbocycles. The summed E-state index contributed by atoms with van der Waals surface area (Å²) in [6, 6.07) is 13.8. The van der Waals surface area contributed by atoms with Gasteiger partial charge in [-0.25, -0.2) is 14.4 Å². The number of nitrogens with zero attached hydrogens (tertiary/aromatic N) is 4. The van der Waals surface area contributed by atoms with Gasteiger partial charge in [0.2, 0.25) is 23.7 Å². The minimum absolute atomic E-state index is 0.0720. The maximum absolute atomic E-state index is 14.0. The second-order valence-corrected chi connectivity index (χ2v) is 10.8. The molecule has 1 saturated heterocycles. The van der Waals surface area contributed by atoms with E-state index in [9.17, 15) is 18.8 Å². The molecule has 3 amide bonds. The van der Waals surface area contributed by atoms with Crippen LogP contribution in [0.1, 0.15) is 42.6 Å². The van der Waals surface area contributed by atoms with Crippen LogP contribution in [0.4, 0.5) is 16.0 Å². The first-order chi connectivity index (χ1) is 19.7. The first-order valence-corrected chi connectivity index (χ1v) is 13.9. The average molecular weight is 577 g/mol. The summed E-state index contributed by atoms with van der Waals surface area (Å²) in [4.78, 5) is 55.2. The number of hydrogen-bond donors (Lipinski definition) is 2. The van der Waals surface area contributed by atoms with E-state index in [4.69, 9.17) is 11.6 Å². The third kappa shape index (κ3) is 6.43. The van der Waals surface area contributed by atoms with Gasteiger partial charge in [-0.1, -0.05) is 54.8 Å². The molecule has 1 aliphatic carbocycles. The molecule has 41 heavy (non-hydrogen) atoms. The Hall–Kier alpha value is -4.18. The molecule has 1 aliphatic heterocycles. The summed E-state index contributed by atoms with van der Waals surface area (Å²) in [7, 11) is 0. The quantitative estimate of drug-likeness (QED) is 0.245. The number of likely N-dealkylation sites (tertiary alicyclic amines) is 1. The molecule has 212 valence electrons. The third-order valence-corrected chi connectivity index (χ3v) is 7.66. The fourth-order valence-corrected chi connectivity index (χ4v) is 5.67. The van der Waals surface area contributed by atoms with Crippen molar-refractivity contribution in [3.63, 3.8) is 0 Å². The molecule has 0 bridgehead atoms. The number of aliphatic imine (C=N–C) groups is 1. The van der Waals surface area contributed by atoms with Crippen molar-refractivity contribution in [3.8, 4) is 0 Å². The number of benzene rings is 2. The number of halogens is 2. The molecule has 0 spiro atoms. The van der Waals surface area contributed by atoms with Crippen LogP contribution in [-0.2, 0) is 20.8 Å². The standard InChI is InChI=1S/C30H30ClFN6O3/c1-17-14-18(2)34-29(33-17)37-30(35-20-12-13-24(32)23(31)16-20)36-26(39)25(15-19-8-4-3-5-9-19)38-27(40)21-10-6-7-11-22(21)28(38)41/h3-5,8-9,12-14,16,21-22,25H,6-7,10-11,15H2,1-2H3,(H2,33,34,35,36,37,39)/t21-,22+,25-/m1/s1. The fraction of sp³-hybridized carbons (Fsp3) is 0.333. The number of fused-ring (bicyclic) bond motifs is 1. The largest absolute Gasteiger partial charge is 0.326 e. The molecule has 2 N–H and O–H groups in total. The van der Waals surface area contributed by atoms with E-state index < -0.39 is 29.6 Å². The topological polar surface area (TPSA) is 117 Å². The molecule has 0 unspecified atom stereocenters. The minimum atomic E-state index is -1.12. The molecule has 2 heterocycles. The highest BCUT2D eigenvalue weighted by Crippen LogP contribution is 2.39. The molecule has 1 aromatic heterocycles. The number of carbonyl (C=O) groups is 3. The number of aryl methyl sites for hydroxylation is 2. The zero-order chi connectivity index (χ0) is 29.1. The predicted molar refractivity (Wildman–Crippen MR) is 153 cm³/mol. The highest BCUT2D eigenvalue weighted by atomic mass is 35.5. The van der Waals surface area contributed by atoms with Crippen LogP contribution in [0.15, 0.2) is 59.6 Å². The lowest BCUT2D eigenvalue weighted by atomic mass is 9.81. The van der Waals surface area contributed by atoms with Gasteiger partial charge in [0, 0.05) is 23.5 Å². The summed E-state index contributed by atoms with van der Waals surface area (Å²) in [6.45, 7) is 3.58. The second kappa shape index (κ2) is 12.1. The van der Waals surface area contributed by atoms with Crippen molar-refractivity contribution < 1.29 is 18.8 Å². The first-order valence-electron chi connectivity index (χ1n) is 13.5. The van der Waals surface area contributed by atoms with Crippen LogP contribution in [-0.4, -0.2) is 44.6 Å². The van der Waals surface area contributed by atoms with E-state index in [2.05, 4.69) is 25.6 Å². The number of rotatable bonds is 6. The van der Waals surface area contributed by atoms with Crippen molar-refractivity contribution in [2.24, 2.45) is 16.8 Å². The van der Waals surface area contributed by atoms with Crippen LogP contribution in [0, 0.1) is 31.5 Å². The smallest absolute Gasteiger partial charge is 0.253 e. The van der Waals surface area contributed by atoms with Crippen molar-refractivity contribution in [1.82, 2.24) is 20.2 Å². The van der Waals surface area contributed by atoms with E-state index >= 15 is 0 Å². The van der Waals surface area contributed by atoms with Crippen molar-refractivity contribution in [3.05, 3.63) is 82.4 Å². The van der Waals surface area contributed by atoms with Crippen molar-refractivity contribution in [1.29, 1.82) is 0 Å². The van der Waals surface area contributed by atoms with Crippen LogP contribution in [0.2, 0.25) is 5.02 Å². The Balaban J connectivity index is 1.50. The maximum atomic E-state index is 14.0. The lowest BCUT2D eigenvalue weighted by molar-refractivity contribution is -0.147. The molecule has 5 rings (SSSR count). The molecule has 11 heteroatoms. The lowest BCUT2D eigenvalue weighted by Gasteiger charge is -2.26.